The maximum absolute atomic E-state index is 12.3. The van der Waals surface area contributed by atoms with E-state index in [1.807, 2.05) is 19.9 Å². The van der Waals surface area contributed by atoms with Crippen molar-refractivity contribution in [3.05, 3.63) is 75.6 Å². The van der Waals surface area contributed by atoms with E-state index in [4.69, 9.17) is 9.15 Å². The van der Waals surface area contributed by atoms with Gasteiger partial charge in [0.25, 0.3) is 5.91 Å². The molecule has 7 heteroatoms. The average molecular weight is 394 g/mol. The molecule has 0 spiro atoms. The molecule has 1 heterocycles. The molecule has 3 rings (SSSR count). The predicted octanol–water partition coefficient (Wildman–Crippen LogP) is 1.65. The number of carbonyl (C=O) groups excluding carboxylic acids is 2. The Morgan fingerprint density at radius 2 is 1.90 bits per heavy atom. The molecule has 1 atom stereocenters. The molecule has 1 aromatic heterocycles. The maximum Gasteiger partial charge on any atom is 0.336 e. The minimum Gasteiger partial charge on any atom is -0.548 e. The Morgan fingerprint density at radius 1 is 1.17 bits per heavy atom. The van der Waals surface area contributed by atoms with Gasteiger partial charge in [0.15, 0.2) is 6.61 Å². The zero-order valence-electron chi connectivity index (χ0n) is 16.1. The Morgan fingerprint density at radius 3 is 2.55 bits per heavy atom. The number of aryl methyl sites for hydroxylation is 2. The summed E-state index contributed by atoms with van der Waals surface area (Å²) < 4.78 is 10.8. The van der Waals surface area contributed by atoms with Crippen molar-refractivity contribution in [1.29, 1.82) is 0 Å². The van der Waals surface area contributed by atoms with E-state index in [0.717, 1.165) is 16.5 Å². The molecule has 0 aliphatic heterocycles. The standard InChI is InChI=1S/C22H21NO6/c1-3-14-10-16-13(2)9-20(25)29-18(16)11-17(14)28-12-19(24)23-21(22(26)27)15-7-5-4-6-8-15/h4-11,21H,3,12H2,1-2H3,(H,23,24)(H,26,27)/p-1/t21-/m0/s1. The van der Waals surface area contributed by atoms with E-state index < -0.39 is 30.2 Å². The van der Waals surface area contributed by atoms with Crippen LogP contribution in [0.5, 0.6) is 5.75 Å². The first kappa shape index (κ1) is 20.1. The van der Waals surface area contributed by atoms with Crippen LogP contribution < -0.4 is 20.8 Å². The average Bonchev–Trinajstić information content (AvgIpc) is 2.70. The summed E-state index contributed by atoms with van der Waals surface area (Å²) >= 11 is 0. The van der Waals surface area contributed by atoms with Crippen molar-refractivity contribution in [2.45, 2.75) is 26.3 Å². The summed E-state index contributed by atoms with van der Waals surface area (Å²) in [7, 11) is 0. The molecule has 1 N–H and O–H groups in total. The molecule has 150 valence electrons. The number of rotatable bonds is 7. The minimum atomic E-state index is -1.42. The van der Waals surface area contributed by atoms with Gasteiger partial charge in [0.05, 0.1) is 12.0 Å². The third-order valence-electron chi connectivity index (χ3n) is 4.55. The summed E-state index contributed by atoms with van der Waals surface area (Å²) in [6.07, 6.45) is 0.636. The molecule has 0 aliphatic rings. The molecule has 3 aromatic rings. The first-order chi connectivity index (χ1) is 13.9. The highest BCUT2D eigenvalue weighted by atomic mass is 16.5. The molecular formula is C22H20NO6-. The number of ether oxygens (including phenoxy) is 1. The van der Waals surface area contributed by atoms with Gasteiger partial charge in [-0.15, -0.1) is 0 Å². The van der Waals surface area contributed by atoms with E-state index in [9.17, 15) is 19.5 Å². The summed E-state index contributed by atoms with van der Waals surface area (Å²) in [4.78, 5) is 35.3. The summed E-state index contributed by atoms with van der Waals surface area (Å²) in [5.74, 6) is -1.63. The Balaban J connectivity index is 1.78. The fourth-order valence-electron chi connectivity index (χ4n) is 3.07. The van der Waals surface area contributed by atoms with Gasteiger partial charge in [-0.1, -0.05) is 37.3 Å². The van der Waals surface area contributed by atoms with Crippen molar-refractivity contribution in [3.63, 3.8) is 0 Å². The monoisotopic (exact) mass is 394 g/mol. The topological polar surface area (TPSA) is 109 Å². The Bertz CT molecular complexity index is 1100. The first-order valence-corrected chi connectivity index (χ1v) is 9.14. The molecule has 29 heavy (non-hydrogen) atoms. The van der Waals surface area contributed by atoms with E-state index in [-0.39, 0.29) is 0 Å². The van der Waals surface area contributed by atoms with Crippen LogP contribution in [0.1, 0.15) is 29.7 Å². The zero-order chi connectivity index (χ0) is 21.0. The summed E-state index contributed by atoms with van der Waals surface area (Å²) in [5.41, 5.74) is 1.91. The van der Waals surface area contributed by atoms with Crippen LogP contribution in [0.4, 0.5) is 0 Å². The second kappa shape index (κ2) is 8.60. The lowest BCUT2D eigenvalue weighted by Crippen LogP contribution is -2.43. The van der Waals surface area contributed by atoms with Crippen LogP contribution in [0.2, 0.25) is 0 Å². The van der Waals surface area contributed by atoms with Crippen LogP contribution in [-0.4, -0.2) is 18.5 Å². The number of hydrogen-bond donors (Lipinski definition) is 1. The summed E-state index contributed by atoms with van der Waals surface area (Å²) in [6, 6.07) is 11.8. The molecule has 1 amide bonds. The van der Waals surface area contributed by atoms with Crippen molar-refractivity contribution in [2.24, 2.45) is 0 Å². The molecule has 0 bridgehead atoms. The number of carbonyl (C=O) groups is 2. The third-order valence-corrected chi connectivity index (χ3v) is 4.55. The maximum atomic E-state index is 12.3. The molecule has 7 nitrogen and oxygen atoms in total. The molecular weight excluding hydrogens is 374 g/mol. The molecule has 0 unspecified atom stereocenters. The number of aliphatic carboxylic acids is 1. The van der Waals surface area contributed by atoms with E-state index in [1.165, 1.54) is 6.07 Å². The summed E-state index contributed by atoms with van der Waals surface area (Å²) in [5, 5.41) is 14.6. The van der Waals surface area contributed by atoms with E-state index in [1.54, 1.807) is 36.4 Å². The largest absolute Gasteiger partial charge is 0.548 e. The van der Waals surface area contributed by atoms with Crippen LogP contribution in [0.25, 0.3) is 11.0 Å². The second-order valence-corrected chi connectivity index (χ2v) is 6.58. The predicted molar refractivity (Wildman–Crippen MR) is 104 cm³/mol. The lowest BCUT2D eigenvalue weighted by Gasteiger charge is -2.20. The van der Waals surface area contributed by atoms with Gasteiger partial charge in [-0.3, -0.25) is 4.79 Å². The number of benzene rings is 2. The van der Waals surface area contributed by atoms with E-state index in [0.29, 0.717) is 23.3 Å². The number of hydrogen-bond acceptors (Lipinski definition) is 6. The Kier molecular flexibility index (Phi) is 5.97. The van der Waals surface area contributed by atoms with Crippen LogP contribution >= 0.6 is 0 Å². The van der Waals surface area contributed by atoms with Crippen LogP contribution in [-0.2, 0) is 16.0 Å². The van der Waals surface area contributed by atoms with Gasteiger partial charge in [0, 0.05) is 17.5 Å². The van der Waals surface area contributed by atoms with Gasteiger partial charge in [-0.05, 0) is 36.1 Å². The molecule has 2 aromatic carbocycles. The van der Waals surface area contributed by atoms with Crippen molar-refractivity contribution in [2.75, 3.05) is 6.61 Å². The third kappa shape index (κ3) is 4.63. The van der Waals surface area contributed by atoms with Gasteiger partial charge >= 0.3 is 5.63 Å². The smallest absolute Gasteiger partial charge is 0.336 e. The highest BCUT2D eigenvalue weighted by Crippen LogP contribution is 2.27. The van der Waals surface area contributed by atoms with Crippen LogP contribution in [0.3, 0.4) is 0 Å². The molecule has 0 aliphatic carbocycles. The zero-order valence-corrected chi connectivity index (χ0v) is 16.1. The Labute approximate surface area is 166 Å². The van der Waals surface area contributed by atoms with Gasteiger partial charge in [0.1, 0.15) is 11.3 Å². The number of fused-ring (bicyclic) bond motifs is 1. The van der Waals surface area contributed by atoms with Crippen molar-refractivity contribution >= 4 is 22.8 Å². The molecule has 0 saturated heterocycles. The molecule has 0 saturated carbocycles. The highest BCUT2D eigenvalue weighted by molar-refractivity contribution is 5.85. The van der Waals surface area contributed by atoms with Crippen LogP contribution in [0.15, 0.2) is 57.7 Å². The normalized spacial score (nSPS) is 11.8. The lowest BCUT2D eigenvalue weighted by atomic mass is 10.1. The van der Waals surface area contributed by atoms with Gasteiger partial charge in [0.2, 0.25) is 0 Å². The van der Waals surface area contributed by atoms with E-state index >= 15 is 0 Å². The summed E-state index contributed by atoms with van der Waals surface area (Å²) in [6.45, 7) is 3.35. The first-order valence-electron chi connectivity index (χ1n) is 9.14. The van der Waals surface area contributed by atoms with Crippen molar-refractivity contribution in [1.82, 2.24) is 5.32 Å². The fraction of sp³-hybridized carbons (Fsp3) is 0.227. The molecule has 0 fully saturated rings. The Hall–Kier alpha value is -3.61. The number of nitrogens with one attached hydrogen (secondary N) is 1. The minimum absolute atomic E-state index is 0.361. The number of carboxylic acids is 1. The number of carboxylic acid groups (broad SMARTS) is 1. The fourth-order valence-corrected chi connectivity index (χ4v) is 3.07. The van der Waals surface area contributed by atoms with Gasteiger partial charge in [-0.25, -0.2) is 4.79 Å². The van der Waals surface area contributed by atoms with E-state index in [2.05, 4.69) is 5.32 Å². The number of amides is 1. The van der Waals surface area contributed by atoms with Crippen LogP contribution in [0, 0.1) is 6.92 Å². The van der Waals surface area contributed by atoms with Gasteiger partial charge < -0.3 is 24.4 Å². The van der Waals surface area contributed by atoms with Crippen molar-refractivity contribution in [3.8, 4) is 5.75 Å². The quantitative estimate of drug-likeness (QED) is 0.611. The highest BCUT2D eigenvalue weighted by Gasteiger charge is 2.17. The van der Waals surface area contributed by atoms with Crippen molar-refractivity contribution < 1.29 is 23.8 Å². The molecule has 0 radical (unpaired) electrons. The van der Waals surface area contributed by atoms with Gasteiger partial charge in [-0.2, -0.15) is 0 Å². The lowest BCUT2D eigenvalue weighted by molar-refractivity contribution is -0.308. The second-order valence-electron chi connectivity index (χ2n) is 6.58. The SMILES string of the molecule is CCc1cc2c(C)cc(=O)oc2cc1OCC(=O)N[C@H](C(=O)[O-])c1ccccc1.